The van der Waals surface area contributed by atoms with Crippen LogP contribution in [0.25, 0.3) is 0 Å². The van der Waals surface area contributed by atoms with E-state index in [4.69, 9.17) is 10.4 Å². The highest BCUT2D eigenvalue weighted by molar-refractivity contribution is 5.92. The van der Waals surface area contributed by atoms with Gasteiger partial charge in [-0.3, -0.25) is 4.79 Å². The SMILES string of the molecule is CCCN(CCO)CCC(=O)Nc1ccccc1C#N. The van der Waals surface area contributed by atoms with Crippen LogP contribution in [0.15, 0.2) is 24.3 Å². The molecule has 1 aromatic carbocycles. The van der Waals surface area contributed by atoms with Crippen molar-refractivity contribution in [2.45, 2.75) is 19.8 Å². The van der Waals surface area contributed by atoms with E-state index in [0.717, 1.165) is 13.0 Å². The van der Waals surface area contributed by atoms with E-state index in [1.54, 1.807) is 24.3 Å². The maximum atomic E-state index is 11.9. The van der Waals surface area contributed by atoms with Crippen LogP contribution in [0.3, 0.4) is 0 Å². The number of rotatable bonds is 8. The van der Waals surface area contributed by atoms with Crippen LogP contribution in [0.5, 0.6) is 0 Å². The van der Waals surface area contributed by atoms with Gasteiger partial charge in [-0.1, -0.05) is 19.1 Å². The zero-order valence-corrected chi connectivity index (χ0v) is 11.8. The fourth-order valence-electron chi connectivity index (χ4n) is 1.96. The third-order valence-corrected chi connectivity index (χ3v) is 2.93. The first-order valence-corrected chi connectivity index (χ1v) is 6.83. The summed E-state index contributed by atoms with van der Waals surface area (Å²) in [5.74, 6) is -0.119. The van der Waals surface area contributed by atoms with Gasteiger partial charge in [0.1, 0.15) is 6.07 Å². The van der Waals surface area contributed by atoms with Crippen LogP contribution < -0.4 is 5.32 Å². The molecule has 0 aliphatic rings. The number of amides is 1. The second-order valence-corrected chi connectivity index (χ2v) is 4.52. The Labute approximate surface area is 119 Å². The number of anilines is 1. The molecule has 0 spiro atoms. The monoisotopic (exact) mass is 275 g/mol. The van der Waals surface area contributed by atoms with Gasteiger partial charge in [0.25, 0.3) is 0 Å². The predicted octanol–water partition coefficient (Wildman–Crippen LogP) is 1.59. The van der Waals surface area contributed by atoms with Crippen molar-refractivity contribution < 1.29 is 9.90 Å². The maximum Gasteiger partial charge on any atom is 0.225 e. The normalized spacial score (nSPS) is 10.3. The first-order chi connectivity index (χ1) is 9.71. The smallest absolute Gasteiger partial charge is 0.225 e. The van der Waals surface area contributed by atoms with E-state index in [1.807, 2.05) is 6.07 Å². The molecule has 0 atom stereocenters. The number of para-hydroxylation sites is 1. The largest absolute Gasteiger partial charge is 0.395 e. The van der Waals surface area contributed by atoms with Crippen molar-refractivity contribution in [3.63, 3.8) is 0 Å². The summed E-state index contributed by atoms with van der Waals surface area (Å²) in [4.78, 5) is 13.9. The Kier molecular flexibility index (Phi) is 7.33. The van der Waals surface area contributed by atoms with Gasteiger partial charge in [0.2, 0.25) is 5.91 Å². The average molecular weight is 275 g/mol. The molecular formula is C15H21N3O2. The summed E-state index contributed by atoms with van der Waals surface area (Å²) in [5.41, 5.74) is 1.01. The van der Waals surface area contributed by atoms with Crippen molar-refractivity contribution in [1.82, 2.24) is 4.90 Å². The summed E-state index contributed by atoms with van der Waals surface area (Å²) in [6.45, 7) is 4.21. The number of aliphatic hydroxyl groups excluding tert-OH is 1. The van der Waals surface area contributed by atoms with Gasteiger partial charge in [-0.25, -0.2) is 0 Å². The van der Waals surface area contributed by atoms with Gasteiger partial charge in [0.05, 0.1) is 17.9 Å². The van der Waals surface area contributed by atoms with Crippen LogP contribution in [0, 0.1) is 11.3 Å². The lowest BCUT2D eigenvalue weighted by Gasteiger charge is -2.20. The Morgan fingerprint density at radius 1 is 1.35 bits per heavy atom. The van der Waals surface area contributed by atoms with Gasteiger partial charge in [-0.15, -0.1) is 0 Å². The Bertz CT molecular complexity index is 462. The summed E-state index contributed by atoms with van der Waals surface area (Å²) in [6.07, 6.45) is 1.33. The second-order valence-electron chi connectivity index (χ2n) is 4.52. The van der Waals surface area contributed by atoms with Crippen molar-refractivity contribution in [3.05, 3.63) is 29.8 Å². The van der Waals surface area contributed by atoms with Crippen LogP contribution in [0.4, 0.5) is 5.69 Å². The first kappa shape index (κ1) is 16.2. The van der Waals surface area contributed by atoms with Gasteiger partial charge in [0.15, 0.2) is 0 Å². The zero-order valence-electron chi connectivity index (χ0n) is 11.8. The van der Waals surface area contributed by atoms with E-state index in [1.165, 1.54) is 0 Å². The molecule has 1 rings (SSSR count). The molecule has 5 nitrogen and oxygen atoms in total. The number of benzene rings is 1. The molecule has 0 radical (unpaired) electrons. The number of carbonyl (C=O) groups is 1. The number of aliphatic hydroxyl groups is 1. The molecule has 0 saturated heterocycles. The molecule has 5 heteroatoms. The molecular weight excluding hydrogens is 254 g/mol. The van der Waals surface area contributed by atoms with E-state index in [9.17, 15) is 4.79 Å². The molecule has 2 N–H and O–H groups in total. The second kappa shape index (κ2) is 9.08. The van der Waals surface area contributed by atoms with Crippen LogP contribution in [-0.2, 0) is 4.79 Å². The van der Waals surface area contributed by atoms with Crippen LogP contribution in [-0.4, -0.2) is 42.2 Å². The average Bonchev–Trinajstić information content (AvgIpc) is 2.46. The van der Waals surface area contributed by atoms with E-state index in [0.29, 0.717) is 30.8 Å². The van der Waals surface area contributed by atoms with Gasteiger partial charge in [-0.2, -0.15) is 5.26 Å². The van der Waals surface area contributed by atoms with E-state index < -0.39 is 0 Å². The fraction of sp³-hybridized carbons (Fsp3) is 0.467. The lowest BCUT2D eigenvalue weighted by molar-refractivity contribution is -0.116. The highest BCUT2D eigenvalue weighted by atomic mass is 16.3. The quantitative estimate of drug-likeness (QED) is 0.755. The van der Waals surface area contributed by atoms with Crippen LogP contribution >= 0.6 is 0 Å². The number of nitrogens with zero attached hydrogens (tertiary/aromatic N) is 2. The molecule has 108 valence electrons. The Hall–Kier alpha value is -1.90. The fourth-order valence-corrected chi connectivity index (χ4v) is 1.96. The molecule has 1 amide bonds. The minimum Gasteiger partial charge on any atom is -0.395 e. The summed E-state index contributed by atoms with van der Waals surface area (Å²) in [6, 6.07) is 8.98. The molecule has 0 saturated carbocycles. The first-order valence-electron chi connectivity index (χ1n) is 6.83. The molecule has 20 heavy (non-hydrogen) atoms. The van der Waals surface area contributed by atoms with Crippen LogP contribution in [0.1, 0.15) is 25.3 Å². The summed E-state index contributed by atoms with van der Waals surface area (Å²) in [5, 5.41) is 20.7. The summed E-state index contributed by atoms with van der Waals surface area (Å²) < 4.78 is 0. The van der Waals surface area contributed by atoms with Crippen molar-refractivity contribution in [3.8, 4) is 6.07 Å². The lowest BCUT2D eigenvalue weighted by atomic mass is 10.2. The number of nitrogens with one attached hydrogen (secondary N) is 1. The third-order valence-electron chi connectivity index (χ3n) is 2.93. The zero-order chi connectivity index (χ0) is 14.8. The Morgan fingerprint density at radius 2 is 2.10 bits per heavy atom. The number of nitriles is 1. The number of hydrogen-bond acceptors (Lipinski definition) is 4. The molecule has 0 heterocycles. The van der Waals surface area contributed by atoms with Crippen molar-refractivity contribution in [2.24, 2.45) is 0 Å². The van der Waals surface area contributed by atoms with E-state index >= 15 is 0 Å². The molecule has 0 unspecified atom stereocenters. The minimum atomic E-state index is -0.119. The molecule has 0 aromatic heterocycles. The maximum absolute atomic E-state index is 11.9. The summed E-state index contributed by atoms with van der Waals surface area (Å²) >= 11 is 0. The van der Waals surface area contributed by atoms with Gasteiger partial charge in [-0.05, 0) is 25.1 Å². The molecule has 0 aliphatic heterocycles. The Morgan fingerprint density at radius 3 is 2.75 bits per heavy atom. The molecule has 0 fully saturated rings. The highest BCUT2D eigenvalue weighted by Gasteiger charge is 2.09. The standard InChI is InChI=1S/C15H21N3O2/c1-2-8-18(10-11-19)9-7-15(20)17-14-6-4-3-5-13(14)12-16/h3-6,19H,2,7-11H2,1H3,(H,17,20). The topological polar surface area (TPSA) is 76.4 Å². The van der Waals surface area contributed by atoms with E-state index in [-0.39, 0.29) is 12.5 Å². The van der Waals surface area contributed by atoms with E-state index in [2.05, 4.69) is 17.1 Å². The van der Waals surface area contributed by atoms with Gasteiger partial charge in [0, 0.05) is 19.5 Å². The third kappa shape index (κ3) is 5.39. The predicted molar refractivity (Wildman–Crippen MR) is 78.2 cm³/mol. The number of carbonyl (C=O) groups excluding carboxylic acids is 1. The molecule has 0 aliphatic carbocycles. The van der Waals surface area contributed by atoms with Crippen molar-refractivity contribution in [1.29, 1.82) is 5.26 Å². The Balaban J connectivity index is 2.49. The lowest BCUT2D eigenvalue weighted by Crippen LogP contribution is -2.31. The minimum absolute atomic E-state index is 0.0961. The number of hydrogen-bond donors (Lipinski definition) is 2. The van der Waals surface area contributed by atoms with Crippen LogP contribution in [0.2, 0.25) is 0 Å². The van der Waals surface area contributed by atoms with Gasteiger partial charge >= 0.3 is 0 Å². The molecule has 1 aromatic rings. The van der Waals surface area contributed by atoms with Crippen molar-refractivity contribution in [2.75, 3.05) is 31.6 Å². The van der Waals surface area contributed by atoms with Crippen molar-refractivity contribution >= 4 is 11.6 Å². The van der Waals surface area contributed by atoms with Gasteiger partial charge < -0.3 is 15.3 Å². The highest BCUT2D eigenvalue weighted by Crippen LogP contribution is 2.13. The molecule has 0 bridgehead atoms. The summed E-state index contributed by atoms with van der Waals surface area (Å²) in [7, 11) is 0.